The Balaban J connectivity index is 1.38. The molecule has 0 bridgehead atoms. The molecule has 9 heteroatoms. The van der Waals surface area contributed by atoms with Gasteiger partial charge in [0.05, 0.1) is 18.2 Å². The summed E-state index contributed by atoms with van der Waals surface area (Å²) in [6, 6.07) is 24.2. The number of rotatable bonds is 21. The van der Waals surface area contributed by atoms with Gasteiger partial charge < -0.3 is 34.2 Å². The molecular formula is C54H72N2O7. The predicted octanol–water partition coefficient (Wildman–Crippen LogP) is 11.8. The van der Waals surface area contributed by atoms with Crippen molar-refractivity contribution in [2.75, 3.05) is 26.4 Å². The van der Waals surface area contributed by atoms with Crippen molar-refractivity contribution in [3.63, 3.8) is 0 Å². The molecule has 0 saturated heterocycles. The zero-order chi connectivity index (χ0) is 44.4. The van der Waals surface area contributed by atoms with Crippen molar-refractivity contribution in [3.8, 4) is 28.4 Å². The quantitative estimate of drug-likeness (QED) is 0.0623. The first-order valence-electron chi connectivity index (χ1n) is 24.0. The number of hydrogen-bond donors (Lipinski definition) is 2. The smallest absolute Gasteiger partial charge is 0.239 e. The first-order chi connectivity index (χ1) is 30.6. The van der Waals surface area contributed by atoms with Gasteiger partial charge in [0.1, 0.15) is 28.9 Å². The lowest BCUT2D eigenvalue weighted by Gasteiger charge is -2.60. The third kappa shape index (κ3) is 10.9. The number of amides is 1. The average molecular weight is 861 g/mol. The molecule has 9 nitrogen and oxygen atoms in total. The Morgan fingerprint density at radius 2 is 1.62 bits per heavy atom. The highest BCUT2D eigenvalue weighted by atomic mass is 16.7. The molecule has 63 heavy (non-hydrogen) atoms. The third-order valence-corrected chi connectivity index (χ3v) is 13.7. The Hall–Kier alpha value is -4.44. The summed E-state index contributed by atoms with van der Waals surface area (Å²) in [6.45, 7) is 13.3. The molecule has 2 saturated carbocycles. The van der Waals surface area contributed by atoms with E-state index in [4.69, 9.17) is 24.2 Å². The molecule has 3 aliphatic carbocycles. The first-order valence-corrected chi connectivity index (χ1v) is 24.0. The van der Waals surface area contributed by atoms with E-state index in [-0.39, 0.29) is 49.4 Å². The van der Waals surface area contributed by atoms with Crippen LogP contribution in [0.1, 0.15) is 129 Å². The van der Waals surface area contributed by atoms with Crippen LogP contribution in [0.25, 0.3) is 11.1 Å². The molecule has 6 atom stereocenters. The van der Waals surface area contributed by atoms with Crippen LogP contribution in [-0.4, -0.2) is 70.5 Å². The van der Waals surface area contributed by atoms with Crippen LogP contribution < -0.4 is 9.47 Å². The number of allylic oxidation sites excluding steroid dienone is 1. The highest BCUT2D eigenvalue weighted by molar-refractivity contribution is 6.03. The van der Waals surface area contributed by atoms with Crippen molar-refractivity contribution in [2.45, 2.75) is 141 Å². The number of carbonyl (C=O) groups excluding carboxylic acids is 1. The summed E-state index contributed by atoms with van der Waals surface area (Å²) in [5.41, 5.74) is 4.63. The van der Waals surface area contributed by atoms with Gasteiger partial charge in [-0.15, -0.1) is 6.58 Å². The summed E-state index contributed by atoms with van der Waals surface area (Å²) in [4.78, 5) is 23.2. The largest absolute Gasteiger partial charge is 0.459 e. The molecule has 0 aromatic heterocycles. The number of oxime groups is 1. The van der Waals surface area contributed by atoms with E-state index in [0.717, 1.165) is 84.4 Å². The van der Waals surface area contributed by atoms with Crippen LogP contribution in [0.3, 0.4) is 0 Å². The molecule has 0 spiro atoms. The molecule has 2 N–H and O–H groups in total. The van der Waals surface area contributed by atoms with Crippen LogP contribution in [0.5, 0.6) is 17.2 Å². The maximum atomic E-state index is 14.8. The lowest BCUT2D eigenvalue weighted by molar-refractivity contribution is -0.257. The van der Waals surface area contributed by atoms with Gasteiger partial charge in [0, 0.05) is 44.1 Å². The van der Waals surface area contributed by atoms with E-state index in [1.807, 2.05) is 63.2 Å². The van der Waals surface area contributed by atoms with Gasteiger partial charge in [-0.1, -0.05) is 105 Å². The number of unbranched alkanes of at least 4 members (excludes halogenated alkanes) is 2. The maximum absolute atomic E-state index is 14.8. The number of ether oxygens (including phenoxy) is 3. The van der Waals surface area contributed by atoms with Gasteiger partial charge in [-0.2, -0.15) is 0 Å². The topological polar surface area (TPSA) is 110 Å². The lowest BCUT2D eigenvalue weighted by atomic mass is 9.55. The van der Waals surface area contributed by atoms with Crippen LogP contribution in [0, 0.1) is 23.7 Å². The number of hydrogen-bond acceptors (Lipinski definition) is 8. The molecule has 3 aromatic rings. The highest BCUT2D eigenvalue weighted by Gasteiger charge is 2.65. The molecule has 2 fully saturated rings. The fourth-order valence-electron chi connectivity index (χ4n) is 10.9. The summed E-state index contributed by atoms with van der Waals surface area (Å²) < 4.78 is 21.3. The van der Waals surface area contributed by atoms with Gasteiger partial charge in [-0.3, -0.25) is 4.79 Å². The van der Waals surface area contributed by atoms with Crippen molar-refractivity contribution < 1.29 is 34.1 Å². The Morgan fingerprint density at radius 3 is 2.30 bits per heavy atom. The van der Waals surface area contributed by atoms with E-state index in [1.165, 1.54) is 25.7 Å². The minimum Gasteiger partial charge on any atom is -0.459 e. The molecule has 1 amide bonds. The van der Waals surface area contributed by atoms with E-state index in [1.54, 1.807) is 6.08 Å². The highest BCUT2D eigenvalue weighted by Crippen LogP contribution is 2.62. The van der Waals surface area contributed by atoms with E-state index in [0.29, 0.717) is 37.5 Å². The van der Waals surface area contributed by atoms with Gasteiger partial charge in [0.15, 0.2) is 0 Å². The summed E-state index contributed by atoms with van der Waals surface area (Å²) in [5, 5.41) is 25.0. The zero-order valence-corrected chi connectivity index (χ0v) is 38.3. The number of carbonyl (C=O) groups is 1. The number of fused-ring (bicyclic) bond motifs is 2. The zero-order valence-electron chi connectivity index (χ0n) is 38.3. The standard InChI is InChI=1S/C54H72N2O7/c1-6-31-56(50(59)30-23-38-17-11-12-18-38)49-37-47(55-63-53(3,4)5)45-35-41(21-13-15-32-57)44(22-14-16-33-58)51-46-36-43(28-29-48(46)62-54(49,52(45)51)60-34-7-2)61-42-26-24-40(25-27-42)39-19-9-8-10-20-39/h7-10,19-20,24-29,35-36,38,41,44,49,51-52,57-58H,2,6,11-18,21-23,30-34,37H2,1,3-5H3. The first kappa shape index (κ1) is 46.5. The summed E-state index contributed by atoms with van der Waals surface area (Å²) in [7, 11) is 0. The monoisotopic (exact) mass is 861 g/mol. The number of aliphatic hydroxyl groups is 2. The van der Waals surface area contributed by atoms with Crippen LogP contribution >= 0.6 is 0 Å². The molecule has 340 valence electrons. The van der Waals surface area contributed by atoms with Gasteiger partial charge in [-0.25, -0.2) is 0 Å². The van der Waals surface area contributed by atoms with E-state index >= 15 is 0 Å². The van der Waals surface area contributed by atoms with Gasteiger partial charge in [-0.05, 0) is 124 Å². The minimum atomic E-state index is -1.27. The summed E-state index contributed by atoms with van der Waals surface area (Å²) >= 11 is 0. The second-order valence-corrected chi connectivity index (χ2v) is 19.2. The fraction of sp³-hybridized carbons (Fsp3) is 0.556. The van der Waals surface area contributed by atoms with Crippen molar-refractivity contribution in [1.29, 1.82) is 0 Å². The normalized spacial score (nSPS) is 24.8. The van der Waals surface area contributed by atoms with Crippen LogP contribution in [0.2, 0.25) is 0 Å². The molecule has 1 aliphatic heterocycles. The summed E-state index contributed by atoms with van der Waals surface area (Å²) in [6.07, 6.45) is 16.5. The van der Waals surface area contributed by atoms with Crippen molar-refractivity contribution >= 4 is 11.6 Å². The van der Waals surface area contributed by atoms with Gasteiger partial charge >= 0.3 is 0 Å². The van der Waals surface area contributed by atoms with Crippen LogP contribution in [-0.2, 0) is 14.4 Å². The SMILES string of the molecule is C=CCOC12Oc3ccc(Oc4ccc(-c5ccccc5)cc4)cc3C3C(CCCCO)C(CCCCO)C=C(C(=NOC(C)(C)C)CC1N(CCC)C(=O)CCC1CCCC1)C32. The van der Waals surface area contributed by atoms with E-state index < -0.39 is 17.4 Å². The van der Waals surface area contributed by atoms with Crippen molar-refractivity contribution in [2.24, 2.45) is 28.8 Å². The molecule has 3 aromatic carbocycles. The Labute approximate surface area is 376 Å². The molecule has 4 aliphatic rings. The Bertz CT molecular complexity index is 2020. The second kappa shape index (κ2) is 21.5. The lowest BCUT2D eigenvalue weighted by Crippen LogP contribution is -2.70. The fourth-order valence-corrected chi connectivity index (χ4v) is 10.9. The molecular weight excluding hydrogens is 789 g/mol. The van der Waals surface area contributed by atoms with Crippen LogP contribution in [0.15, 0.2) is 102 Å². The van der Waals surface area contributed by atoms with Crippen molar-refractivity contribution in [3.05, 3.63) is 103 Å². The molecule has 7 rings (SSSR count). The third-order valence-electron chi connectivity index (χ3n) is 13.7. The Morgan fingerprint density at radius 1 is 0.921 bits per heavy atom. The van der Waals surface area contributed by atoms with Gasteiger partial charge in [0.2, 0.25) is 11.7 Å². The second-order valence-electron chi connectivity index (χ2n) is 19.2. The van der Waals surface area contributed by atoms with Gasteiger partial charge in [0.25, 0.3) is 0 Å². The maximum Gasteiger partial charge on any atom is 0.239 e. The average Bonchev–Trinajstić information content (AvgIpc) is 3.82. The molecule has 0 radical (unpaired) electrons. The molecule has 1 heterocycles. The number of nitrogens with zero attached hydrogens (tertiary/aromatic N) is 2. The van der Waals surface area contributed by atoms with Crippen LogP contribution in [0.4, 0.5) is 0 Å². The number of aliphatic hydroxyl groups excluding tert-OH is 2. The number of benzene rings is 3. The van der Waals surface area contributed by atoms with E-state index in [2.05, 4.69) is 54.8 Å². The van der Waals surface area contributed by atoms with Crippen molar-refractivity contribution in [1.82, 2.24) is 4.90 Å². The minimum absolute atomic E-state index is 0.125. The predicted molar refractivity (Wildman–Crippen MR) is 251 cm³/mol. The molecule has 6 unspecified atom stereocenters. The summed E-state index contributed by atoms with van der Waals surface area (Å²) in [5.74, 6) is 1.39. The Kier molecular flexibility index (Phi) is 15.9. The van der Waals surface area contributed by atoms with E-state index in [9.17, 15) is 15.0 Å².